The van der Waals surface area contributed by atoms with Crippen molar-refractivity contribution >= 4 is 17.3 Å². The van der Waals surface area contributed by atoms with E-state index in [1.807, 2.05) is 0 Å². The van der Waals surface area contributed by atoms with Crippen LogP contribution in [0.3, 0.4) is 0 Å². The van der Waals surface area contributed by atoms with Crippen LogP contribution in [0.5, 0.6) is 0 Å². The molecule has 0 fully saturated rings. The zero-order valence-corrected chi connectivity index (χ0v) is 7.71. The molecule has 1 N–H and O–H groups in total. The van der Waals surface area contributed by atoms with Gasteiger partial charge in [0.05, 0.1) is 11.2 Å². The number of thiazole rings is 1. The van der Waals surface area contributed by atoms with Crippen LogP contribution >= 0.6 is 11.3 Å². The summed E-state index contributed by atoms with van der Waals surface area (Å²) < 4.78 is 0. The van der Waals surface area contributed by atoms with E-state index in [4.69, 9.17) is 5.11 Å². The van der Waals surface area contributed by atoms with Crippen molar-refractivity contribution in [1.29, 1.82) is 0 Å². The lowest BCUT2D eigenvalue weighted by atomic mass is 10.2. The van der Waals surface area contributed by atoms with Gasteiger partial charge in [-0.1, -0.05) is 0 Å². The van der Waals surface area contributed by atoms with Crippen molar-refractivity contribution < 1.29 is 9.90 Å². The first-order valence-electron chi connectivity index (χ1n) is 3.40. The van der Waals surface area contributed by atoms with E-state index < -0.39 is 12.0 Å². The molecule has 0 amide bonds. The molecule has 66 valence electrons. The maximum atomic E-state index is 10.8. The quantitative estimate of drug-likeness (QED) is 0.759. The number of carbonyl (C=O) groups is 1. The van der Waals surface area contributed by atoms with E-state index in [1.165, 1.54) is 11.3 Å². The van der Waals surface area contributed by atoms with Crippen LogP contribution in [0.1, 0.15) is 11.7 Å². The zero-order valence-electron chi connectivity index (χ0n) is 6.89. The van der Waals surface area contributed by atoms with E-state index in [0.29, 0.717) is 5.69 Å². The van der Waals surface area contributed by atoms with Gasteiger partial charge in [0.15, 0.2) is 6.04 Å². The summed E-state index contributed by atoms with van der Waals surface area (Å²) in [5.74, 6) is -0.870. The van der Waals surface area contributed by atoms with Crippen LogP contribution in [0.15, 0.2) is 10.9 Å². The van der Waals surface area contributed by atoms with Crippen molar-refractivity contribution in [2.75, 3.05) is 14.1 Å². The fourth-order valence-corrected chi connectivity index (χ4v) is 1.54. The van der Waals surface area contributed by atoms with E-state index >= 15 is 0 Å². The molecule has 12 heavy (non-hydrogen) atoms. The first-order valence-corrected chi connectivity index (χ1v) is 4.34. The standard InChI is InChI=1S/C7H10N2O2S/c1-9(2)6(7(10)11)5-3-12-4-8-5/h3-4,6H,1-2H3,(H,10,11). The van der Waals surface area contributed by atoms with Crippen LogP contribution in [-0.2, 0) is 4.79 Å². The van der Waals surface area contributed by atoms with Crippen molar-refractivity contribution in [3.8, 4) is 0 Å². The largest absolute Gasteiger partial charge is 0.480 e. The van der Waals surface area contributed by atoms with Gasteiger partial charge in [0, 0.05) is 5.38 Å². The van der Waals surface area contributed by atoms with E-state index in [-0.39, 0.29) is 0 Å². The molecular weight excluding hydrogens is 176 g/mol. The third-order valence-corrected chi connectivity index (χ3v) is 2.09. The normalized spacial score (nSPS) is 13.2. The number of carboxylic acid groups (broad SMARTS) is 1. The van der Waals surface area contributed by atoms with Gasteiger partial charge in [0.25, 0.3) is 0 Å². The second kappa shape index (κ2) is 3.64. The van der Waals surface area contributed by atoms with Gasteiger partial charge in [0.1, 0.15) is 0 Å². The lowest BCUT2D eigenvalue weighted by Gasteiger charge is -2.17. The average molecular weight is 186 g/mol. The highest BCUT2D eigenvalue weighted by atomic mass is 32.1. The van der Waals surface area contributed by atoms with Crippen molar-refractivity contribution in [3.63, 3.8) is 0 Å². The number of aliphatic carboxylic acids is 1. The molecule has 0 aliphatic rings. The molecule has 0 saturated carbocycles. The number of rotatable bonds is 3. The van der Waals surface area contributed by atoms with Crippen molar-refractivity contribution in [2.24, 2.45) is 0 Å². The Morgan fingerprint density at radius 2 is 2.42 bits per heavy atom. The van der Waals surface area contributed by atoms with Gasteiger partial charge < -0.3 is 5.11 Å². The van der Waals surface area contributed by atoms with Crippen LogP contribution in [0, 0.1) is 0 Å². The molecule has 0 bridgehead atoms. The first-order chi connectivity index (χ1) is 5.63. The van der Waals surface area contributed by atoms with Crippen LogP contribution in [0.4, 0.5) is 0 Å². The maximum Gasteiger partial charge on any atom is 0.327 e. The summed E-state index contributed by atoms with van der Waals surface area (Å²) in [7, 11) is 3.44. The number of carboxylic acids is 1. The number of nitrogens with zero attached hydrogens (tertiary/aromatic N) is 2. The first kappa shape index (κ1) is 9.15. The summed E-state index contributed by atoms with van der Waals surface area (Å²) >= 11 is 1.40. The molecule has 1 unspecified atom stereocenters. The zero-order chi connectivity index (χ0) is 9.14. The van der Waals surface area contributed by atoms with Gasteiger partial charge in [-0.05, 0) is 14.1 Å². The molecule has 0 spiro atoms. The summed E-state index contributed by atoms with van der Waals surface area (Å²) in [6, 6.07) is -0.628. The number of likely N-dealkylation sites (N-methyl/N-ethyl adjacent to an activating group) is 1. The van der Waals surface area contributed by atoms with Crippen LogP contribution in [-0.4, -0.2) is 35.1 Å². The smallest absolute Gasteiger partial charge is 0.327 e. The SMILES string of the molecule is CN(C)C(C(=O)O)c1cscn1. The van der Waals surface area contributed by atoms with E-state index in [1.54, 1.807) is 29.9 Å². The van der Waals surface area contributed by atoms with E-state index in [9.17, 15) is 4.79 Å². The molecule has 1 heterocycles. The van der Waals surface area contributed by atoms with Gasteiger partial charge in [-0.25, -0.2) is 4.98 Å². The second-order valence-electron chi connectivity index (χ2n) is 2.62. The molecule has 1 atom stereocenters. The van der Waals surface area contributed by atoms with Gasteiger partial charge in [-0.2, -0.15) is 0 Å². The van der Waals surface area contributed by atoms with Crippen molar-refractivity contribution in [3.05, 3.63) is 16.6 Å². The molecule has 0 radical (unpaired) electrons. The van der Waals surface area contributed by atoms with Crippen molar-refractivity contribution in [1.82, 2.24) is 9.88 Å². The number of aromatic nitrogens is 1. The number of hydrogen-bond acceptors (Lipinski definition) is 4. The van der Waals surface area contributed by atoms with Gasteiger partial charge in [-0.3, -0.25) is 9.69 Å². The summed E-state index contributed by atoms with van der Waals surface area (Å²) in [6.45, 7) is 0. The molecular formula is C7H10N2O2S. The molecule has 1 rings (SSSR count). The van der Waals surface area contributed by atoms with E-state index in [2.05, 4.69) is 4.98 Å². The van der Waals surface area contributed by atoms with Gasteiger partial charge >= 0.3 is 5.97 Å². The van der Waals surface area contributed by atoms with Gasteiger partial charge in [0.2, 0.25) is 0 Å². The predicted octanol–water partition coefficient (Wildman–Crippen LogP) is 0.830. The minimum atomic E-state index is -0.870. The Bertz CT molecular complexity index is 258. The fraction of sp³-hybridized carbons (Fsp3) is 0.429. The lowest BCUT2D eigenvalue weighted by Crippen LogP contribution is -2.27. The average Bonchev–Trinajstić information content (AvgIpc) is 2.37. The Morgan fingerprint density at radius 1 is 1.75 bits per heavy atom. The minimum Gasteiger partial charge on any atom is -0.480 e. The van der Waals surface area contributed by atoms with E-state index in [0.717, 1.165) is 0 Å². The highest BCUT2D eigenvalue weighted by molar-refractivity contribution is 7.07. The topological polar surface area (TPSA) is 53.4 Å². The molecule has 1 aromatic heterocycles. The molecule has 0 aliphatic heterocycles. The van der Waals surface area contributed by atoms with Crippen LogP contribution in [0.2, 0.25) is 0 Å². The monoisotopic (exact) mass is 186 g/mol. The summed E-state index contributed by atoms with van der Waals surface area (Å²) in [6.07, 6.45) is 0. The highest BCUT2D eigenvalue weighted by Crippen LogP contribution is 2.17. The fourth-order valence-electron chi connectivity index (χ4n) is 0.969. The number of hydrogen-bond donors (Lipinski definition) is 1. The van der Waals surface area contributed by atoms with Crippen LogP contribution < -0.4 is 0 Å². The summed E-state index contributed by atoms with van der Waals surface area (Å²) in [5.41, 5.74) is 2.23. The highest BCUT2D eigenvalue weighted by Gasteiger charge is 2.23. The Kier molecular flexibility index (Phi) is 2.78. The Balaban J connectivity index is 2.88. The molecule has 1 aromatic rings. The third kappa shape index (κ3) is 1.80. The van der Waals surface area contributed by atoms with Gasteiger partial charge in [-0.15, -0.1) is 11.3 Å². The minimum absolute atomic E-state index is 0.595. The second-order valence-corrected chi connectivity index (χ2v) is 3.34. The lowest BCUT2D eigenvalue weighted by molar-refractivity contribution is -0.142. The third-order valence-electron chi connectivity index (χ3n) is 1.48. The maximum absolute atomic E-state index is 10.8. The Morgan fingerprint density at radius 3 is 2.75 bits per heavy atom. The Hall–Kier alpha value is -0.940. The molecule has 5 heteroatoms. The summed E-state index contributed by atoms with van der Waals surface area (Å²) in [4.78, 5) is 16.3. The van der Waals surface area contributed by atoms with Crippen LogP contribution in [0.25, 0.3) is 0 Å². The van der Waals surface area contributed by atoms with Crippen molar-refractivity contribution in [2.45, 2.75) is 6.04 Å². The molecule has 4 nitrogen and oxygen atoms in total. The summed E-state index contributed by atoms with van der Waals surface area (Å²) in [5, 5.41) is 10.6. The Labute approximate surface area is 74.5 Å². The molecule has 0 aliphatic carbocycles. The molecule has 0 saturated heterocycles. The molecule has 0 aromatic carbocycles. The predicted molar refractivity (Wildman–Crippen MR) is 46.2 cm³/mol.